The molecule has 2 heteroatoms. The predicted molar refractivity (Wildman–Crippen MR) is 262 cm³/mol. The molecule has 4 aromatic rings. The maximum absolute atomic E-state index is 6.15. The lowest BCUT2D eigenvalue weighted by Crippen LogP contribution is -2.06. The van der Waals surface area contributed by atoms with E-state index in [0.29, 0.717) is 17.8 Å². The third-order valence-electron chi connectivity index (χ3n) is 13.2. The Morgan fingerprint density at radius 3 is 0.644 bits per heavy atom. The van der Waals surface area contributed by atoms with Crippen molar-refractivity contribution < 1.29 is 0 Å². The van der Waals surface area contributed by atoms with Gasteiger partial charge in [-0.25, -0.2) is 0 Å². The molecule has 0 aliphatic rings. The van der Waals surface area contributed by atoms with Crippen LogP contribution in [0.5, 0.6) is 0 Å². The molecule has 59 heavy (non-hydrogen) atoms. The van der Waals surface area contributed by atoms with Gasteiger partial charge in [0.1, 0.15) is 0 Å². The van der Waals surface area contributed by atoms with Gasteiger partial charge in [-0.05, 0) is 76.9 Å². The van der Waals surface area contributed by atoms with Gasteiger partial charge in [0, 0.05) is 29.1 Å². The summed E-state index contributed by atoms with van der Waals surface area (Å²) in [5, 5.41) is 0. The maximum Gasteiger partial charge on any atom is 0.0314 e. The van der Waals surface area contributed by atoms with Gasteiger partial charge in [-0.2, -0.15) is 0 Å². The zero-order chi connectivity index (χ0) is 41.8. The van der Waals surface area contributed by atoms with Gasteiger partial charge in [0.15, 0.2) is 0 Å². The molecular weight excluding hydrogens is 713 g/mol. The van der Waals surface area contributed by atoms with Crippen LogP contribution in [-0.4, -0.2) is 0 Å². The van der Waals surface area contributed by atoms with Gasteiger partial charge in [0.2, 0.25) is 0 Å². The minimum Gasteiger partial charge on any atom is -0.399 e. The lowest BCUT2D eigenvalue weighted by Gasteiger charge is -2.23. The first kappa shape index (κ1) is 48.1. The predicted octanol–water partition coefficient (Wildman–Crippen LogP) is 17.8. The third kappa shape index (κ3) is 18.3. The number of hydrogen-bond acceptors (Lipinski definition) is 2. The first-order valence-electron chi connectivity index (χ1n) is 24.9. The van der Waals surface area contributed by atoms with Gasteiger partial charge in [-0.3, -0.25) is 0 Å². The summed E-state index contributed by atoms with van der Waals surface area (Å²) in [5.41, 5.74) is 22.6. The molecule has 0 saturated carbocycles. The normalized spacial score (nSPS) is 13.1. The number of nitrogen functional groups attached to an aromatic ring is 2. The van der Waals surface area contributed by atoms with Crippen LogP contribution in [-0.2, 0) is 0 Å². The molecule has 0 spiro atoms. The Hall–Kier alpha value is -3.52. The van der Waals surface area contributed by atoms with Crippen LogP contribution < -0.4 is 11.5 Å². The van der Waals surface area contributed by atoms with Crippen molar-refractivity contribution in [2.75, 3.05) is 11.5 Å². The van der Waals surface area contributed by atoms with E-state index in [-0.39, 0.29) is 0 Å². The summed E-state index contributed by atoms with van der Waals surface area (Å²) in [6, 6.07) is 37.0. The van der Waals surface area contributed by atoms with E-state index in [1.807, 2.05) is 0 Å². The van der Waals surface area contributed by atoms with Crippen molar-refractivity contribution in [3.05, 3.63) is 130 Å². The molecule has 0 heterocycles. The molecule has 2 unspecified atom stereocenters. The number of benzene rings is 4. The molecule has 0 aliphatic carbocycles. The SMILES string of the molecule is CCCCCCCCCCCCC(c1ccc(N)cc1)c1ccc(C(CCCCCC)c2ccc(C(CCCCCCCCCCCC)c3ccc(N)cc3)cc2)cc1. The van der Waals surface area contributed by atoms with E-state index in [4.69, 9.17) is 11.5 Å². The molecule has 2 nitrogen and oxygen atoms in total. The molecule has 2 atom stereocenters. The second kappa shape index (κ2) is 29.7. The molecule has 0 aromatic heterocycles. The highest BCUT2D eigenvalue weighted by Crippen LogP contribution is 2.37. The average Bonchev–Trinajstić information content (AvgIpc) is 3.26. The Balaban J connectivity index is 1.44. The molecule has 4 N–H and O–H groups in total. The van der Waals surface area contributed by atoms with Crippen molar-refractivity contribution in [1.82, 2.24) is 0 Å². The minimum absolute atomic E-state index is 0.404. The van der Waals surface area contributed by atoms with Crippen molar-refractivity contribution in [3.8, 4) is 0 Å². The summed E-state index contributed by atoms with van der Waals surface area (Å²) in [6.07, 6.45) is 36.1. The van der Waals surface area contributed by atoms with E-state index in [0.717, 1.165) is 11.4 Å². The Bertz CT molecular complexity index is 1470. The Kier molecular flexibility index (Phi) is 24.2. The van der Waals surface area contributed by atoms with Gasteiger partial charge < -0.3 is 11.5 Å². The Morgan fingerprint density at radius 2 is 0.424 bits per heavy atom. The fourth-order valence-corrected chi connectivity index (χ4v) is 9.40. The van der Waals surface area contributed by atoms with Crippen molar-refractivity contribution in [1.29, 1.82) is 0 Å². The lowest BCUT2D eigenvalue weighted by molar-refractivity contribution is 0.540. The quantitative estimate of drug-likeness (QED) is 0.0373. The number of hydrogen-bond donors (Lipinski definition) is 2. The summed E-state index contributed by atoms with van der Waals surface area (Å²) in [6.45, 7) is 6.92. The number of rotatable bonds is 33. The molecule has 4 rings (SSSR count). The zero-order valence-electron chi connectivity index (χ0n) is 38.2. The summed E-state index contributed by atoms with van der Waals surface area (Å²) in [5.74, 6) is 1.22. The number of anilines is 2. The van der Waals surface area contributed by atoms with Gasteiger partial charge in [-0.15, -0.1) is 0 Å². The zero-order valence-corrected chi connectivity index (χ0v) is 38.2. The molecule has 0 fully saturated rings. The lowest BCUT2D eigenvalue weighted by atomic mass is 9.81. The Labute approximate surface area is 363 Å². The Morgan fingerprint density at radius 1 is 0.254 bits per heavy atom. The van der Waals surface area contributed by atoms with E-state index in [1.165, 1.54) is 207 Å². The fraction of sp³-hybridized carbons (Fsp3) is 0.579. The second-order valence-electron chi connectivity index (χ2n) is 18.1. The van der Waals surface area contributed by atoms with Crippen LogP contribution in [0, 0.1) is 0 Å². The molecular formula is C57H86N2. The summed E-state index contributed by atoms with van der Waals surface area (Å²) >= 11 is 0. The summed E-state index contributed by atoms with van der Waals surface area (Å²) in [7, 11) is 0. The number of nitrogens with two attached hydrogens (primary N) is 2. The topological polar surface area (TPSA) is 52.0 Å². The van der Waals surface area contributed by atoms with Crippen LogP contribution >= 0.6 is 0 Å². The van der Waals surface area contributed by atoms with Crippen LogP contribution in [0.15, 0.2) is 97.1 Å². The molecule has 4 aromatic carbocycles. The minimum atomic E-state index is 0.404. The first-order chi connectivity index (χ1) is 29.0. The highest BCUT2D eigenvalue weighted by molar-refractivity contribution is 5.45. The van der Waals surface area contributed by atoms with E-state index in [1.54, 1.807) is 0 Å². The number of unbranched alkanes of at least 4 members (excludes halogenated alkanes) is 21. The van der Waals surface area contributed by atoms with Crippen LogP contribution in [0.3, 0.4) is 0 Å². The average molecular weight is 799 g/mol. The molecule has 0 saturated heterocycles. The summed E-state index contributed by atoms with van der Waals surface area (Å²) in [4.78, 5) is 0. The molecule has 0 aliphatic heterocycles. The van der Waals surface area contributed by atoms with E-state index >= 15 is 0 Å². The second-order valence-corrected chi connectivity index (χ2v) is 18.1. The first-order valence-corrected chi connectivity index (χ1v) is 24.9. The highest BCUT2D eigenvalue weighted by atomic mass is 14.5. The van der Waals surface area contributed by atoms with Crippen LogP contribution in [0.1, 0.15) is 245 Å². The smallest absolute Gasteiger partial charge is 0.0314 e. The molecule has 0 amide bonds. The largest absolute Gasteiger partial charge is 0.399 e. The molecule has 0 bridgehead atoms. The van der Waals surface area contributed by atoms with Crippen molar-refractivity contribution >= 4 is 11.4 Å². The van der Waals surface area contributed by atoms with E-state index in [2.05, 4.69) is 118 Å². The molecule has 0 radical (unpaired) electrons. The van der Waals surface area contributed by atoms with Gasteiger partial charge in [-0.1, -0.05) is 248 Å². The fourth-order valence-electron chi connectivity index (χ4n) is 9.40. The van der Waals surface area contributed by atoms with Crippen molar-refractivity contribution in [2.24, 2.45) is 0 Å². The standard InChI is InChI=1S/C57H86N2/c1-4-7-10-13-15-17-19-21-23-26-29-56(51-39-43-53(58)44-40-51)49-35-31-47(32-36-49)55(28-25-12-9-6-3)48-33-37-50(38-34-48)57(52-41-45-54(59)46-42-52)30-27-24-22-20-18-16-14-11-8-5-2/h31-46,55-57H,4-30,58-59H2,1-3H3. The van der Waals surface area contributed by atoms with Gasteiger partial charge in [0.25, 0.3) is 0 Å². The van der Waals surface area contributed by atoms with E-state index in [9.17, 15) is 0 Å². The highest BCUT2D eigenvalue weighted by Gasteiger charge is 2.20. The van der Waals surface area contributed by atoms with Crippen molar-refractivity contribution in [3.63, 3.8) is 0 Å². The molecule has 324 valence electrons. The third-order valence-corrected chi connectivity index (χ3v) is 13.2. The summed E-state index contributed by atoms with van der Waals surface area (Å²) < 4.78 is 0. The van der Waals surface area contributed by atoms with E-state index < -0.39 is 0 Å². The maximum atomic E-state index is 6.15. The van der Waals surface area contributed by atoms with Gasteiger partial charge >= 0.3 is 0 Å². The van der Waals surface area contributed by atoms with Gasteiger partial charge in [0.05, 0.1) is 0 Å². The van der Waals surface area contributed by atoms with Crippen LogP contribution in [0.4, 0.5) is 11.4 Å². The van der Waals surface area contributed by atoms with Crippen LogP contribution in [0.2, 0.25) is 0 Å². The van der Waals surface area contributed by atoms with Crippen LogP contribution in [0.25, 0.3) is 0 Å². The van der Waals surface area contributed by atoms with Crippen molar-refractivity contribution in [2.45, 2.75) is 212 Å². The monoisotopic (exact) mass is 799 g/mol.